The van der Waals surface area contributed by atoms with Crippen LogP contribution in [0.3, 0.4) is 0 Å². The Labute approximate surface area is 155 Å². The van der Waals surface area contributed by atoms with Gasteiger partial charge >= 0.3 is 0 Å². The van der Waals surface area contributed by atoms with Crippen LogP contribution < -0.4 is 0 Å². The van der Waals surface area contributed by atoms with Crippen molar-refractivity contribution in [2.45, 2.75) is 25.5 Å². The molecule has 1 amide bonds. The molecule has 0 spiro atoms. The monoisotopic (exact) mass is 372 g/mol. The van der Waals surface area contributed by atoms with E-state index in [2.05, 4.69) is 23.2 Å². The Morgan fingerprint density at radius 3 is 2.72 bits per heavy atom. The van der Waals surface area contributed by atoms with E-state index in [1.165, 1.54) is 16.6 Å². The highest BCUT2D eigenvalue weighted by atomic mass is 32.2. The van der Waals surface area contributed by atoms with Crippen molar-refractivity contribution in [3.63, 3.8) is 0 Å². The average Bonchev–Trinajstić information content (AvgIpc) is 3.23. The number of para-hydroxylation sites is 1. The van der Waals surface area contributed by atoms with Crippen LogP contribution in [0.5, 0.6) is 0 Å². The van der Waals surface area contributed by atoms with E-state index >= 15 is 0 Å². The van der Waals surface area contributed by atoms with Gasteiger partial charge in [-0.2, -0.15) is 0 Å². The Bertz CT molecular complexity index is 858. The van der Waals surface area contributed by atoms with Crippen molar-refractivity contribution in [1.82, 2.24) is 19.7 Å². The van der Waals surface area contributed by atoms with E-state index in [1.807, 2.05) is 54.3 Å². The Morgan fingerprint density at radius 2 is 2.00 bits per heavy atom. The van der Waals surface area contributed by atoms with Gasteiger partial charge in [0.1, 0.15) is 5.82 Å². The first-order valence-electron chi connectivity index (χ1n) is 7.93. The number of aromatic nitrogens is 3. The van der Waals surface area contributed by atoms with E-state index in [0.717, 1.165) is 22.2 Å². The Kier molecular flexibility index (Phi) is 5.55. The zero-order chi connectivity index (χ0) is 17.8. The number of carbonyl (C=O) groups is 1. The number of thioether (sulfide) groups is 1. The Morgan fingerprint density at radius 1 is 1.20 bits per heavy atom. The standard InChI is InChI=1S/C18H20N4OS2/c1-13-7-4-5-9-16(13)22-14(2)19-20-18(22)25-12-17(23)21(3)11-15-8-6-10-24-15/h4-10H,11-12H2,1-3H3. The number of aryl methyl sites for hydroxylation is 2. The van der Waals surface area contributed by atoms with Crippen molar-refractivity contribution >= 4 is 29.0 Å². The molecule has 0 saturated carbocycles. The van der Waals surface area contributed by atoms with Crippen LogP contribution in [-0.2, 0) is 11.3 Å². The van der Waals surface area contributed by atoms with E-state index in [0.29, 0.717) is 12.3 Å². The summed E-state index contributed by atoms with van der Waals surface area (Å²) in [6, 6.07) is 12.1. The molecule has 0 aliphatic heterocycles. The second kappa shape index (κ2) is 7.84. The van der Waals surface area contributed by atoms with Gasteiger partial charge in [0, 0.05) is 11.9 Å². The molecule has 130 valence electrons. The molecular weight excluding hydrogens is 352 g/mol. The fraction of sp³-hybridized carbons (Fsp3) is 0.278. The van der Waals surface area contributed by atoms with Crippen LogP contribution in [0.2, 0.25) is 0 Å². The van der Waals surface area contributed by atoms with Gasteiger partial charge in [-0.15, -0.1) is 21.5 Å². The van der Waals surface area contributed by atoms with Crippen molar-refractivity contribution in [3.05, 3.63) is 58.0 Å². The number of nitrogens with zero attached hydrogens (tertiary/aromatic N) is 4. The van der Waals surface area contributed by atoms with Crippen molar-refractivity contribution in [3.8, 4) is 5.69 Å². The van der Waals surface area contributed by atoms with Gasteiger partial charge in [0.15, 0.2) is 5.16 Å². The molecule has 0 unspecified atom stereocenters. The zero-order valence-electron chi connectivity index (χ0n) is 14.5. The van der Waals surface area contributed by atoms with Crippen molar-refractivity contribution in [1.29, 1.82) is 0 Å². The first-order chi connectivity index (χ1) is 12.1. The van der Waals surface area contributed by atoms with Crippen LogP contribution in [0.1, 0.15) is 16.3 Å². The summed E-state index contributed by atoms with van der Waals surface area (Å²) in [6.07, 6.45) is 0. The summed E-state index contributed by atoms with van der Waals surface area (Å²) in [4.78, 5) is 15.3. The third kappa shape index (κ3) is 4.11. The second-order valence-corrected chi connectivity index (χ2v) is 7.74. The van der Waals surface area contributed by atoms with Gasteiger partial charge in [-0.25, -0.2) is 0 Å². The van der Waals surface area contributed by atoms with Crippen LogP contribution in [0, 0.1) is 13.8 Å². The average molecular weight is 373 g/mol. The molecule has 2 aromatic heterocycles. The first-order valence-corrected chi connectivity index (χ1v) is 9.80. The van der Waals surface area contributed by atoms with E-state index in [9.17, 15) is 4.79 Å². The fourth-order valence-electron chi connectivity index (χ4n) is 2.49. The zero-order valence-corrected chi connectivity index (χ0v) is 16.1. The lowest BCUT2D eigenvalue weighted by Crippen LogP contribution is -2.27. The summed E-state index contributed by atoms with van der Waals surface area (Å²) in [6.45, 7) is 4.62. The van der Waals surface area contributed by atoms with Crippen molar-refractivity contribution in [2.75, 3.05) is 12.8 Å². The summed E-state index contributed by atoms with van der Waals surface area (Å²) >= 11 is 3.08. The lowest BCUT2D eigenvalue weighted by atomic mass is 10.2. The minimum Gasteiger partial charge on any atom is -0.340 e. The fourth-order valence-corrected chi connectivity index (χ4v) is 4.18. The largest absolute Gasteiger partial charge is 0.340 e. The number of thiophene rings is 1. The molecule has 5 nitrogen and oxygen atoms in total. The van der Waals surface area contributed by atoms with Crippen LogP contribution in [-0.4, -0.2) is 38.4 Å². The predicted molar refractivity (Wildman–Crippen MR) is 102 cm³/mol. The molecule has 0 bridgehead atoms. The summed E-state index contributed by atoms with van der Waals surface area (Å²) in [5.74, 6) is 1.23. The molecule has 0 radical (unpaired) electrons. The predicted octanol–water partition coefficient (Wildman–Crippen LogP) is 3.70. The summed E-state index contributed by atoms with van der Waals surface area (Å²) in [5.41, 5.74) is 2.19. The number of amides is 1. The SMILES string of the molecule is Cc1ccccc1-n1c(C)nnc1SCC(=O)N(C)Cc1cccs1. The minimum absolute atomic E-state index is 0.0791. The van der Waals surface area contributed by atoms with Gasteiger partial charge in [0.2, 0.25) is 5.91 Å². The molecule has 25 heavy (non-hydrogen) atoms. The van der Waals surface area contributed by atoms with Crippen LogP contribution in [0.15, 0.2) is 46.9 Å². The van der Waals surface area contributed by atoms with E-state index < -0.39 is 0 Å². The maximum absolute atomic E-state index is 12.4. The molecule has 0 atom stereocenters. The highest BCUT2D eigenvalue weighted by Gasteiger charge is 2.16. The van der Waals surface area contributed by atoms with E-state index in [-0.39, 0.29) is 5.91 Å². The minimum atomic E-state index is 0.0791. The number of carbonyl (C=O) groups excluding carboxylic acids is 1. The molecule has 0 aliphatic carbocycles. The Balaban J connectivity index is 1.70. The smallest absolute Gasteiger partial charge is 0.233 e. The number of benzene rings is 1. The quantitative estimate of drug-likeness (QED) is 0.619. The summed E-state index contributed by atoms with van der Waals surface area (Å²) < 4.78 is 2.01. The highest BCUT2D eigenvalue weighted by molar-refractivity contribution is 7.99. The molecule has 3 rings (SSSR count). The highest BCUT2D eigenvalue weighted by Crippen LogP contribution is 2.24. The summed E-state index contributed by atoms with van der Waals surface area (Å²) in [7, 11) is 1.83. The lowest BCUT2D eigenvalue weighted by Gasteiger charge is -2.16. The first kappa shape index (κ1) is 17.7. The Hall–Kier alpha value is -2.12. The maximum Gasteiger partial charge on any atom is 0.233 e. The molecule has 7 heteroatoms. The normalized spacial score (nSPS) is 10.8. The van der Waals surface area contributed by atoms with Crippen molar-refractivity contribution < 1.29 is 4.79 Å². The topological polar surface area (TPSA) is 51.0 Å². The molecule has 0 N–H and O–H groups in total. The van der Waals surface area contributed by atoms with Crippen LogP contribution in [0.25, 0.3) is 5.69 Å². The maximum atomic E-state index is 12.4. The lowest BCUT2D eigenvalue weighted by molar-refractivity contribution is -0.127. The van der Waals surface area contributed by atoms with Gasteiger partial charge in [-0.1, -0.05) is 36.0 Å². The van der Waals surface area contributed by atoms with Crippen molar-refractivity contribution in [2.24, 2.45) is 0 Å². The van der Waals surface area contributed by atoms with Crippen LogP contribution in [0.4, 0.5) is 0 Å². The summed E-state index contributed by atoms with van der Waals surface area (Å²) in [5, 5.41) is 11.2. The van der Waals surface area contributed by atoms with Gasteiger partial charge in [0.05, 0.1) is 18.0 Å². The van der Waals surface area contributed by atoms with Gasteiger partial charge in [0.25, 0.3) is 0 Å². The molecule has 1 aromatic carbocycles. The molecule has 3 aromatic rings. The third-order valence-electron chi connectivity index (χ3n) is 3.88. The number of hydrogen-bond acceptors (Lipinski definition) is 5. The van der Waals surface area contributed by atoms with Crippen LogP contribution >= 0.6 is 23.1 Å². The van der Waals surface area contributed by atoms with Gasteiger partial charge in [-0.3, -0.25) is 9.36 Å². The third-order valence-corrected chi connectivity index (χ3v) is 5.65. The molecular formula is C18H20N4OS2. The number of hydrogen-bond donors (Lipinski definition) is 0. The molecule has 0 fully saturated rings. The molecule has 0 aliphatic rings. The molecule has 2 heterocycles. The van der Waals surface area contributed by atoms with Gasteiger partial charge in [-0.05, 0) is 36.9 Å². The second-order valence-electron chi connectivity index (χ2n) is 5.77. The number of rotatable bonds is 6. The molecule has 0 saturated heterocycles. The van der Waals surface area contributed by atoms with E-state index in [4.69, 9.17) is 0 Å². The van der Waals surface area contributed by atoms with Gasteiger partial charge < -0.3 is 4.90 Å². The van der Waals surface area contributed by atoms with E-state index in [1.54, 1.807) is 16.2 Å².